The molecule has 1 aliphatic rings. The third-order valence-corrected chi connectivity index (χ3v) is 6.68. The van der Waals surface area contributed by atoms with Crippen LogP contribution in [0, 0.1) is 5.82 Å². The Hall–Kier alpha value is -4.46. The number of anilines is 1. The number of carbonyl (C=O) groups is 2. The Morgan fingerprint density at radius 1 is 1.00 bits per heavy atom. The van der Waals surface area contributed by atoms with Crippen LogP contribution in [-0.4, -0.2) is 25.1 Å². The fourth-order valence-electron chi connectivity index (χ4n) is 4.82. The fourth-order valence-corrected chi connectivity index (χ4v) is 4.82. The lowest BCUT2D eigenvalue weighted by Gasteiger charge is -2.25. The van der Waals surface area contributed by atoms with E-state index in [2.05, 4.69) is 6.92 Å². The van der Waals surface area contributed by atoms with E-state index in [9.17, 15) is 18.8 Å². The molecule has 2 heterocycles. The molecule has 4 aromatic rings. The van der Waals surface area contributed by atoms with Gasteiger partial charge in [0.25, 0.3) is 5.91 Å². The molecular weight excluding hydrogens is 501 g/mol. The van der Waals surface area contributed by atoms with Crippen molar-refractivity contribution in [3.63, 3.8) is 0 Å². The molecule has 0 fully saturated rings. The summed E-state index contributed by atoms with van der Waals surface area (Å²) >= 11 is 0. The fraction of sp³-hybridized carbons (Fsp3) is 0.258. The maximum absolute atomic E-state index is 14.1. The van der Waals surface area contributed by atoms with Crippen molar-refractivity contribution in [3.8, 4) is 5.75 Å². The molecule has 39 heavy (non-hydrogen) atoms. The van der Waals surface area contributed by atoms with Gasteiger partial charge in [0.15, 0.2) is 5.43 Å². The molecular formula is C31H28FNO6. The number of nitrogens with zero attached hydrogens (tertiary/aromatic N) is 1. The molecule has 8 heteroatoms. The first-order chi connectivity index (χ1) is 18.9. The minimum Gasteiger partial charge on any atom is -0.494 e. The predicted octanol–water partition coefficient (Wildman–Crippen LogP) is 6.43. The lowest BCUT2D eigenvalue weighted by molar-refractivity contribution is 0.0526. The molecule has 1 amide bonds. The van der Waals surface area contributed by atoms with Gasteiger partial charge in [0.05, 0.1) is 35.8 Å². The molecule has 0 radical (unpaired) electrons. The summed E-state index contributed by atoms with van der Waals surface area (Å²) in [4.78, 5) is 41.1. The largest absolute Gasteiger partial charge is 0.494 e. The number of benzene rings is 3. The summed E-state index contributed by atoms with van der Waals surface area (Å²) < 4.78 is 31.0. The first kappa shape index (κ1) is 26.2. The molecule has 1 aromatic heterocycles. The van der Waals surface area contributed by atoms with Crippen molar-refractivity contribution < 1.29 is 27.9 Å². The second-order valence-electron chi connectivity index (χ2n) is 9.29. The molecule has 200 valence electrons. The van der Waals surface area contributed by atoms with E-state index >= 15 is 0 Å². The maximum atomic E-state index is 14.1. The number of esters is 1. The lowest BCUT2D eigenvalue weighted by atomic mass is 9.98. The van der Waals surface area contributed by atoms with E-state index in [4.69, 9.17) is 13.9 Å². The van der Waals surface area contributed by atoms with Crippen molar-refractivity contribution in [1.29, 1.82) is 0 Å². The van der Waals surface area contributed by atoms with Crippen molar-refractivity contribution in [3.05, 3.63) is 105 Å². The van der Waals surface area contributed by atoms with Gasteiger partial charge in [0.2, 0.25) is 5.76 Å². The number of hydrogen-bond donors (Lipinski definition) is 0. The SMILES string of the molecule is CCCCCOc1cccc(C2c3c(oc4ccc(F)cc4c3=O)C(=O)N2c2ccc(C(=O)OCC)cc2)c1. The number of hydrogen-bond acceptors (Lipinski definition) is 6. The van der Waals surface area contributed by atoms with E-state index in [0.717, 1.165) is 25.3 Å². The number of carbonyl (C=O) groups excluding carboxylic acids is 2. The predicted molar refractivity (Wildman–Crippen MR) is 145 cm³/mol. The van der Waals surface area contributed by atoms with Crippen molar-refractivity contribution in [2.24, 2.45) is 0 Å². The average molecular weight is 530 g/mol. The summed E-state index contributed by atoms with van der Waals surface area (Å²) in [6.45, 7) is 4.62. The maximum Gasteiger partial charge on any atom is 0.338 e. The standard InChI is InChI=1S/C31H28FNO6/c1-3-5-6-16-38-23-9-7-8-20(17-23)27-26-28(34)24-18-21(32)12-15-25(24)39-29(26)30(35)33(27)22-13-10-19(11-14-22)31(36)37-4-2/h7-15,17-18,27H,3-6,16H2,1-2H3. The third-order valence-electron chi connectivity index (χ3n) is 6.68. The Morgan fingerprint density at radius 3 is 2.54 bits per heavy atom. The van der Waals surface area contributed by atoms with E-state index in [-0.39, 0.29) is 28.9 Å². The Labute approximate surface area is 224 Å². The van der Waals surface area contributed by atoms with Crippen LogP contribution < -0.4 is 15.1 Å². The lowest BCUT2D eigenvalue weighted by Crippen LogP contribution is -2.29. The first-order valence-corrected chi connectivity index (χ1v) is 13.0. The van der Waals surface area contributed by atoms with Gasteiger partial charge in [-0.3, -0.25) is 14.5 Å². The van der Waals surface area contributed by atoms with Crippen LogP contribution in [-0.2, 0) is 4.74 Å². The summed E-state index contributed by atoms with van der Waals surface area (Å²) in [6.07, 6.45) is 3.02. The topological polar surface area (TPSA) is 86.0 Å². The van der Waals surface area contributed by atoms with Gasteiger partial charge in [0, 0.05) is 5.69 Å². The summed E-state index contributed by atoms with van der Waals surface area (Å²) in [5, 5.41) is 0.0537. The average Bonchev–Trinajstić information content (AvgIpc) is 3.24. The van der Waals surface area contributed by atoms with Crippen molar-refractivity contribution in [2.75, 3.05) is 18.1 Å². The van der Waals surface area contributed by atoms with Gasteiger partial charge in [-0.1, -0.05) is 31.9 Å². The Kier molecular flexibility index (Phi) is 7.45. The summed E-state index contributed by atoms with van der Waals surface area (Å²) in [6, 6.07) is 16.4. The molecule has 0 N–H and O–H groups in total. The highest BCUT2D eigenvalue weighted by atomic mass is 19.1. The van der Waals surface area contributed by atoms with Gasteiger partial charge in [-0.2, -0.15) is 0 Å². The van der Waals surface area contributed by atoms with Gasteiger partial charge in [-0.15, -0.1) is 0 Å². The minimum absolute atomic E-state index is 0.0537. The highest BCUT2D eigenvalue weighted by molar-refractivity contribution is 6.10. The smallest absolute Gasteiger partial charge is 0.338 e. The van der Waals surface area contributed by atoms with Gasteiger partial charge in [-0.05, 0) is 73.5 Å². The Balaban J connectivity index is 1.63. The van der Waals surface area contributed by atoms with Crippen LogP contribution >= 0.6 is 0 Å². The Morgan fingerprint density at radius 2 is 1.79 bits per heavy atom. The van der Waals surface area contributed by atoms with Crippen LogP contribution in [0.4, 0.5) is 10.1 Å². The first-order valence-electron chi connectivity index (χ1n) is 13.0. The molecule has 7 nitrogen and oxygen atoms in total. The molecule has 1 atom stereocenters. The van der Waals surface area contributed by atoms with E-state index in [1.54, 1.807) is 49.4 Å². The molecule has 0 saturated heterocycles. The van der Waals surface area contributed by atoms with E-state index < -0.39 is 29.2 Å². The zero-order chi connectivity index (χ0) is 27.5. The molecule has 0 aliphatic carbocycles. The molecule has 1 unspecified atom stereocenters. The zero-order valence-electron chi connectivity index (χ0n) is 21.7. The number of fused-ring (bicyclic) bond motifs is 2. The van der Waals surface area contributed by atoms with Crippen LogP contribution in [0.5, 0.6) is 5.75 Å². The third kappa shape index (κ3) is 5.02. The van der Waals surface area contributed by atoms with Crippen LogP contribution in [0.2, 0.25) is 0 Å². The van der Waals surface area contributed by atoms with E-state index in [0.29, 0.717) is 29.2 Å². The van der Waals surface area contributed by atoms with Gasteiger partial charge in [-0.25, -0.2) is 9.18 Å². The molecule has 3 aromatic carbocycles. The monoisotopic (exact) mass is 529 g/mol. The highest BCUT2D eigenvalue weighted by Crippen LogP contribution is 2.42. The molecule has 5 rings (SSSR count). The number of ether oxygens (including phenoxy) is 2. The number of rotatable bonds is 9. The van der Waals surface area contributed by atoms with Gasteiger partial charge < -0.3 is 13.9 Å². The second-order valence-corrected chi connectivity index (χ2v) is 9.29. The van der Waals surface area contributed by atoms with Crippen LogP contribution in [0.15, 0.2) is 75.9 Å². The van der Waals surface area contributed by atoms with E-state index in [1.165, 1.54) is 17.0 Å². The van der Waals surface area contributed by atoms with Gasteiger partial charge in [0.1, 0.15) is 17.1 Å². The quantitative estimate of drug-likeness (QED) is 0.184. The van der Waals surface area contributed by atoms with Crippen molar-refractivity contribution in [1.82, 2.24) is 0 Å². The highest BCUT2D eigenvalue weighted by Gasteiger charge is 2.43. The summed E-state index contributed by atoms with van der Waals surface area (Å²) in [5.74, 6) is -1.07. The zero-order valence-corrected chi connectivity index (χ0v) is 21.7. The summed E-state index contributed by atoms with van der Waals surface area (Å²) in [5.41, 5.74) is 1.18. The van der Waals surface area contributed by atoms with Crippen LogP contribution in [0.1, 0.15) is 71.2 Å². The molecule has 0 saturated carbocycles. The van der Waals surface area contributed by atoms with Crippen molar-refractivity contribution >= 4 is 28.5 Å². The minimum atomic E-state index is -0.857. The molecule has 0 bridgehead atoms. The number of unbranched alkanes of at least 4 members (excludes halogenated alkanes) is 2. The molecule has 1 aliphatic heterocycles. The van der Waals surface area contributed by atoms with Crippen LogP contribution in [0.25, 0.3) is 11.0 Å². The second kappa shape index (κ2) is 11.1. The van der Waals surface area contributed by atoms with E-state index in [1.807, 2.05) is 6.07 Å². The molecule has 0 spiro atoms. The summed E-state index contributed by atoms with van der Waals surface area (Å²) in [7, 11) is 0. The normalized spacial score (nSPS) is 14.5. The Bertz CT molecular complexity index is 1590. The van der Waals surface area contributed by atoms with Crippen molar-refractivity contribution in [2.45, 2.75) is 39.2 Å². The van der Waals surface area contributed by atoms with Crippen LogP contribution in [0.3, 0.4) is 0 Å². The van der Waals surface area contributed by atoms with Gasteiger partial charge >= 0.3 is 5.97 Å². The number of halogens is 1. The number of amides is 1.